The molecule has 0 aromatic heterocycles. The molecule has 1 aliphatic rings. The van der Waals surface area contributed by atoms with Crippen molar-refractivity contribution in [2.45, 2.75) is 50.5 Å². The van der Waals surface area contributed by atoms with Crippen LogP contribution >= 0.6 is 0 Å². The first kappa shape index (κ1) is 23.0. The third-order valence-electron chi connectivity index (χ3n) is 5.38. The number of nitrogens with zero attached hydrogens (tertiary/aromatic N) is 1. The van der Waals surface area contributed by atoms with Gasteiger partial charge < -0.3 is 10.6 Å². The van der Waals surface area contributed by atoms with Crippen LogP contribution in [0.4, 0.5) is 5.69 Å². The molecule has 8 heteroatoms. The molecular formula is C23H29N3O4S. The lowest BCUT2D eigenvalue weighted by atomic mass is 9.92. The maximum absolute atomic E-state index is 13.5. The number of carbonyl (C=O) groups is 2. The summed E-state index contributed by atoms with van der Waals surface area (Å²) in [5, 5.41) is 5.53. The molecule has 166 valence electrons. The second kappa shape index (κ2) is 10.1. The summed E-state index contributed by atoms with van der Waals surface area (Å²) < 4.78 is 28.4. The van der Waals surface area contributed by atoms with E-state index in [-0.39, 0.29) is 23.1 Å². The minimum Gasteiger partial charge on any atom is -0.356 e. The molecule has 0 radical (unpaired) electrons. The minimum absolute atomic E-state index is 0.0733. The highest BCUT2D eigenvalue weighted by Crippen LogP contribution is 2.36. The van der Waals surface area contributed by atoms with E-state index in [2.05, 4.69) is 17.6 Å². The van der Waals surface area contributed by atoms with Gasteiger partial charge in [-0.3, -0.25) is 9.59 Å². The fourth-order valence-corrected chi connectivity index (χ4v) is 5.43. The SMILES string of the molecule is CCCCNC(=O)C[C@@H]1c2ccccc2CCN1S(=O)(=O)c1ccc(NC(C)=O)cc1. The summed E-state index contributed by atoms with van der Waals surface area (Å²) in [6, 6.07) is 13.2. The summed E-state index contributed by atoms with van der Waals surface area (Å²) in [5.41, 5.74) is 2.47. The fourth-order valence-electron chi connectivity index (χ4n) is 3.83. The van der Waals surface area contributed by atoms with Gasteiger partial charge in [0.25, 0.3) is 0 Å². The quantitative estimate of drug-likeness (QED) is 0.612. The first-order valence-electron chi connectivity index (χ1n) is 10.6. The Labute approximate surface area is 183 Å². The highest BCUT2D eigenvalue weighted by atomic mass is 32.2. The van der Waals surface area contributed by atoms with Crippen LogP contribution in [0, 0.1) is 0 Å². The van der Waals surface area contributed by atoms with Gasteiger partial charge in [-0.05, 0) is 48.2 Å². The number of unbranched alkanes of at least 4 members (excludes halogenated alkanes) is 1. The summed E-state index contributed by atoms with van der Waals surface area (Å²) in [6.07, 6.45) is 2.52. The minimum atomic E-state index is -3.83. The van der Waals surface area contributed by atoms with Crippen LogP contribution in [0.1, 0.15) is 50.3 Å². The number of amides is 2. The predicted octanol–water partition coefficient (Wildman–Crippen LogP) is 3.24. The molecule has 0 bridgehead atoms. The lowest BCUT2D eigenvalue weighted by Crippen LogP contribution is -2.42. The Morgan fingerprint density at radius 3 is 2.48 bits per heavy atom. The van der Waals surface area contributed by atoms with Gasteiger partial charge in [0.2, 0.25) is 21.8 Å². The van der Waals surface area contributed by atoms with Gasteiger partial charge in [-0.25, -0.2) is 8.42 Å². The molecule has 2 aromatic rings. The van der Waals surface area contributed by atoms with Gasteiger partial charge in [0.15, 0.2) is 0 Å². The smallest absolute Gasteiger partial charge is 0.243 e. The molecule has 0 spiro atoms. The van der Waals surface area contributed by atoms with E-state index >= 15 is 0 Å². The zero-order chi connectivity index (χ0) is 22.4. The molecule has 1 aliphatic heterocycles. The monoisotopic (exact) mass is 443 g/mol. The van der Waals surface area contributed by atoms with Crippen molar-refractivity contribution in [3.63, 3.8) is 0 Å². The standard InChI is InChI=1S/C23H29N3O4S/c1-3-4-14-24-23(28)16-22-21-8-6-5-7-18(21)13-15-26(22)31(29,30)20-11-9-19(10-12-20)25-17(2)27/h5-12,22H,3-4,13-16H2,1-2H3,(H,24,28)(H,25,27)/t22-/m1/s1. The van der Waals surface area contributed by atoms with Crippen molar-refractivity contribution in [3.8, 4) is 0 Å². The van der Waals surface area contributed by atoms with Crippen LogP contribution < -0.4 is 10.6 Å². The summed E-state index contributed by atoms with van der Waals surface area (Å²) in [4.78, 5) is 23.9. The van der Waals surface area contributed by atoms with E-state index < -0.39 is 16.1 Å². The van der Waals surface area contributed by atoms with Gasteiger partial charge in [-0.15, -0.1) is 0 Å². The van der Waals surface area contributed by atoms with Crippen LogP contribution in [-0.2, 0) is 26.0 Å². The summed E-state index contributed by atoms with van der Waals surface area (Å²) >= 11 is 0. The third kappa shape index (κ3) is 5.51. The predicted molar refractivity (Wildman–Crippen MR) is 120 cm³/mol. The van der Waals surface area contributed by atoms with Crippen molar-refractivity contribution in [1.29, 1.82) is 0 Å². The zero-order valence-corrected chi connectivity index (χ0v) is 18.7. The van der Waals surface area contributed by atoms with E-state index in [4.69, 9.17) is 0 Å². The van der Waals surface area contributed by atoms with E-state index in [1.807, 2.05) is 24.3 Å². The Hall–Kier alpha value is -2.71. The molecule has 2 amide bonds. The summed E-state index contributed by atoms with van der Waals surface area (Å²) in [6.45, 7) is 4.34. The van der Waals surface area contributed by atoms with Gasteiger partial charge in [0.05, 0.1) is 10.9 Å². The Morgan fingerprint density at radius 1 is 1.10 bits per heavy atom. The number of hydrogen-bond donors (Lipinski definition) is 2. The molecule has 0 saturated heterocycles. The van der Waals surface area contributed by atoms with Crippen molar-refractivity contribution in [1.82, 2.24) is 9.62 Å². The lowest BCUT2D eigenvalue weighted by molar-refractivity contribution is -0.122. The molecule has 0 fully saturated rings. The topological polar surface area (TPSA) is 95.6 Å². The number of hydrogen-bond acceptors (Lipinski definition) is 4. The largest absolute Gasteiger partial charge is 0.356 e. The molecule has 0 unspecified atom stereocenters. The number of carbonyl (C=O) groups excluding carboxylic acids is 2. The van der Waals surface area contributed by atoms with Crippen molar-refractivity contribution in [3.05, 3.63) is 59.7 Å². The molecule has 31 heavy (non-hydrogen) atoms. The van der Waals surface area contributed by atoms with Crippen molar-refractivity contribution in [2.75, 3.05) is 18.4 Å². The van der Waals surface area contributed by atoms with Crippen molar-refractivity contribution < 1.29 is 18.0 Å². The van der Waals surface area contributed by atoms with E-state index in [0.717, 1.165) is 24.0 Å². The first-order valence-corrected chi connectivity index (χ1v) is 12.0. The van der Waals surface area contributed by atoms with Crippen LogP contribution in [-0.4, -0.2) is 37.6 Å². The molecule has 1 atom stereocenters. The number of nitrogens with one attached hydrogen (secondary N) is 2. The first-order chi connectivity index (χ1) is 14.8. The van der Waals surface area contributed by atoms with Gasteiger partial charge in [0.1, 0.15) is 0 Å². The molecule has 1 heterocycles. The second-order valence-corrected chi connectivity index (χ2v) is 9.58. The van der Waals surface area contributed by atoms with E-state index in [0.29, 0.717) is 25.2 Å². The second-order valence-electron chi connectivity index (χ2n) is 7.69. The van der Waals surface area contributed by atoms with Crippen LogP contribution in [0.25, 0.3) is 0 Å². The molecule has 0 aliphatic carbocycles. The summed E-state index contributed by atoms with van der Waals surface area (Å²) in [7, 11) is -3.83. The fraction of sp³-hybridized carbons (Fsp3) is 0.391. The molecule has 3 rings (SSSR count). The summed E-state index contributed by atoms with van der Waals surface area (Å²) in [5.74, 6) is -0.381. The molecule has 0 saturated carbocycles. The Kier molecular flexibility index (Phi) is 7.46. The number of fused-ring (bicyclic) bond motifs is 1. The van der Waals surface area contributed by atoms with Gasteiger partial charge >= 0.3 is 0 Å². The van der Waals surface area contributed by atoms with Crippen molar-refractivity contribution in [2.24, 2.45) is 0 Å². The average Bonchev–Trinajstić information content (AvgIpc) is 2.74. The van der Waals surface area contributed by atoms with Crippen molar-refractivity contribution >= 4 is 27.5 Å². The lowest BCUT2D eigenvalue weighted by Gasteiger charge is -2.36. The number of anilines is 1. The Balaban J connectivity index is 1.89. The molecular weight excluding hydrogens is 414 g/mol. The van der Waals surface area contributed by atoms with Gasteiger partial charge in [0, 0.05) is 32.1 Å². The number of benzene rings is 2. The van der Waals surface area contributed by atoms with Gasteiger partial charge in [-0.2, -0.15) is 4.31 Å². The van der Waals surface area contributed by atoms with Crippen LogP contribution in [0.5, 0.6) is 0 Å². The normalized spacial score (nSPS) is 16.4. The Bertz CT molecular complexity index is 1040. The highest BCUT2D eigenvalue weighted by Gasteiger charge is 2.37. The third-order valence-corrected chi connectivity index (χ3v) is 7.30. The molecule has 2 aromatic carbocycles. The van der Waals surface area contributed by atoms with E-state index in [1.54, 1.807) is 12.1 Å². The maximum atomic E-state index is 13.5. The van der Waals surface area contributed by atoms with Crippen LogP contribution in [0.15, 0.2) is 53.4 Å². The molecule has 2 N–H and O–H groups in total. The van der Waals surface area contributed by atoms with Gasteiger partial charge in [-0.1, -0.05) is 37.6 Å². The maximum Gasteiger partial charge on any atom is 0.243 e. The zero-order valence-electron chi connectivity index (χ0n) is 17.9. The van der Waals surface area contributed by atoms with Crippen LogP contribution in [0.3, 0.4) is 0 Å². The Morgan fingerprint density at radius 2 is 1.81 bits per heavy atom. The average molecular weight is 444 g/mol. The molecule has 7 nitrogen and oxygen atoms in total. The highest BCUT2D eigenvalue weighted by molar-refractivity contribution is 7.89. The van der Waals surface area contributed by atoms with E-state index in [9.17, 15) is 18.0 Å². The number of sulfonamides is 1. The van der Waals surface area contributed by atoms with E-state index in [1.165, 1.54) is 23.4 Å². The van der Waals surface area contributed by atoms with Crippen LogP contribution in [0.2, 0.25) is 0 Å². The number of rotatable bonds is 8.